The van der Waals surface area contributed by atoms with E-state index >= 15 is 0 Å². The monoisotopic (exact) mass is 377 g/mol. The van der Waals surface area contributed by atoms with Gasteiger partial charge in [-0.3, -0.25) is 14.8 Å². The molecule has 1 atom stereocenters. The predicted octanol–water partition coefficient (Wildman–Crippen LogP) is 4.70. The van der Waals surface area contributed by atoms with Crippen LogP contribution in [-0.4, -0.2) is 27.3 Å². The summed E-state index contributed by atoms with van der Waals surface area (Å²) in [5, 5.41) is 0.732. The number of hydrogen-bond acceptors (Lipinski definition) is 3. The van der Waals surface area contributed by atoms with Crippen molar-refractivity contribution in [3.8, 4) is 0 Å². The van der Waals surface area contributed by atoms with Gasteiger partial charge >= 0.3 is 0 Å². The molecule has 0 aliphatic carbocycles. The molecule has 1 unspecified atom stereocenters. The second kappa shape index (κ2) is 7.89. The molecule has 1 saturated heterocycles. The van der Waals surface area contributed by atoms with Crippen LogP contribution in [0.25, 0.3) is 0 Å². The number of benzene rings is 1. The Morgan fingerprint density at radius 3 is 2.70 bits per heavy atom. The van der Waals surface area contributed by atoms with E-state index in [1.54, 1.807) is 12.3 Å². The molecular weight excluding hydrogens is 358 g/mol. The van der Waals surface area contributed by atoms with Crippen molar-refractivity contribution in [1.29, 1.82) is 0 Å². The summed E-state index contributed by atoms with van der Waals surface area (Å²) in [5.41, 5.74) is 3.59. The van der Waals surface area contributed by atoms with Gasteiger partial charge in [-0.05, 0) is 54.8 Å². The highest BCUT2D eigenvalue weighted by molar-refractivity contribution is 6.30. The number of likely N-dealkylation sites (tertiary alicyclic amines) is 1. The summed E-state index contributed by atoms with van der Waals surface area (Å²) in [6.45, 7) is 0.739. The molecule has 3 aromatic rings. The van der Waals surface area contributed by atoms with E-state index in [-0.39, 0.29) is 11.9 Å². The molecule has 2 aromatic heterocycles. The molecular formula is C22H20ClN3O. The minimum atomic E-state index is -0.0250. The Labute approximate surface area is 163 Å². The zero-order valence-corrected chi connectivity index (χ0v) is 15.6. The minimum Gasteiger partial charge on any atom is -0.329 e. The van der Waals surface area contributed by atoms with Crippen LogP contribution < -0.4 is 0 Å². The van der Waals surface area contributed by atoms with E-state index in [2.05, 4.69) is 4.98 Å². The average molecular weight is 378 g/mol. The van der Waals surface area contributed by atoms with Crippen molar-refractivity contribution in [2.24, 2.45) is 0 Å². The van der Waals surface area contributed by atoms with Crippen LogP contribution in [0.1, 0.15) is 46.3 Å². The van der Waals surface area contributed by atoms with Crippen molar-refractivity contribution in [3.05, 3.63) is 94.5 Å². The van der Waals surface area contributed by atoms with Crippen molar-refractivity contribution in [3.63, 3.8) is 0 Å². The number of pyridine rings is 2. The zero-order chi connectivity index (χ0) is 18.6. The zero-order valence-electron chi connectivity index (χ0n) is 14.9. The van der Waals surface area contributed by atoms with Crippen molar-refractivity contribution >= 4 is 17.5 Å². The molecule has 1 aliphatic rings. The fourth-order valence-electron chi connectivity index (χ4n) is 3.55. The third kappa shape index (κ3) is 4.01. The number of nitrogens with zero attached hydrogens (tertiary/aromatic N) is 3. The lowest BCUT2D eigenvalue weighted by Gasteiger charge is -2.24. The van der Waals surface area contributed by atoms with Crippen molar-refractivity contribution in [1.82, 2.24) is 14.9 Å². The van der Waals surface area contributed by atoms with Gasteiger partial charge in [-0.15, -0.1) is 0 Å². The lowest BCUT2D eigenvalue weighted by molar-refractivity contribution is 0.0727. The second-order valence-electron chi connectivity index (χ2n) is 6.73. The van der Waals surface area contributed by atoms with E-state index in [0.717, 1.165) is 47.8 Å². The lowest BCUT2D eigenvalue weighted by atomic mass is 10.1. The molecule has 1 aliphatic heterocycles. The summed E-state index contributed by atoms with van der Waals surface area (Å²) in [4.78, 5) is 23.8. The molecule has 4 nitrogen and oxygen atoms in total. The Bertz CT molecular complexity index is 928. The summed E-state index contributed by atoms with van der Waals surface area (Å²) >= 11 is 5.96. The van der Waals surface area contributed by atoms with Gasteiger partial charge in [-0.25, -0.2) is 0 Å². The molecule has 0 N–H and O–H groups in total. The molecule has 1 aromatic carbocycles. The topological polar surface area (TPSA) is 46.1 Å². The Hall–Kier alpha value is -2.72. The van der Waals surface area contributed by atoms with Gasteiger partial charge in [0, 0.05) is 29.9 Å². The molecule has 1 amide bonds. The largest absolute Gasteiger partial charge is 0.329 e. The molecule has 5 heteroatoms. The van der Waals surface area contributed by atoms with Crippen molar-refractivity contribution < 1.29 is 4.79 Å². The Balaban J connectivity index is 1.55. The highest BCUT2D eigenvalue weighted by Crippen LogP contribution is 2.32. The van der Waals surface area contributed by atoms with Gasteiger partial charge in [-0.1, -0.05) is 35.9 Å². The smallest absolute Gasteiger partial charge is 0.273 e. The first-order valence-electron chi connectivity index (χ1n) is 9.13. The minimum absolute atomic E-state index is 0.00433. The third-order valence-electron chi connectivity index (χ3n) is 4.87. The molecule has 0 spiro atoms. The van der Waals surface area contributed by atoms with Gasteiger partial charge in [0.25, 0.3) is 5.91 Å². The maximum atomic E-state index is 12.9. The number of carbonyl (C=O) groups is 1. The summed E-state index contributed by atoms with van der Waals surface area (Å²) in [6, 6.07) is 19.3. The molecule has 136 valence electrons. The number of rotatable bonds is 4. The first-order valence-corrected chi connectivity index (χ1v) is 9.51. The Morgan fingerprint density at radius 2 is 1.93 bits per heavy atom. The van der Waals surface area contributed by atoms with E-state index in [1.165, 1.54) is 0 Å². The number of hydrogen-bond donors (Lipinski definition) is 0. The molecule has 0 bridgehead atoms. The van der Waals surface area contributed by atoms with Gasteiger partial charge in [-0.2, -0.15) is 0 Å². The summed E-state index contributed by atoms with van der Waals surface area (Å²) in [7, 11) is 0. The maximum Gasteiger partial charge on any atom is 0.273 e. The fourth-order valence-corrected chi connectivity index (χ4v) is 3.67. The number of halogens is 1. The first kappa shape index (κ1) is 17.7. The Morgan fingerprint density at radius 1 is 1.07 bits per heavy atom. The highest BCUT2D eigenvalue weighted by atomic mass is 35.5. The standard InChI is InChI=1S/C22H20ClN3O/c23-17-11-9-16(10-12-17)15-18-5-3-7-19(25-18)21-8-4-14-26(21)22(27)20-6-1-2-13-24-20/h1-3,5-7,9-13,21H,4,8,14-15H2. The van der Waals surface area contributed by atoms with Crippen molar-refractivity contribution in [2.45, 2.75) is 25.3 Å². The molecule has 0 saturated carbocycles. The summed E-state index contributed by atoms with van der Waals surface area (Å²) in [6.07, 6.45) is 4.30. The predicted molar refractivity (Wildman–Crippen MR) is 106 cm³/mol. The van der Waals surface area contributed by atoms with Crippen LogP contribution in [0.5, 0.6) is 0 Å². The summed E-state index contributed by atoms with van der Waals surface area (Å²) in [5.74, 6) is -0.0250. The van der Waals surface area contributed by atoms with E-state index in [4.69, 9.17) is 16.6 Å². The van der Waals surface area contributed by atoms with Crippen LogP contribution in [0, 0.1) is 0 Å². The molecule has 4 rings (SSSR count). The van der Waals surface area contributed by atoms with Crippen molar-refractivity contribution in [2.75, 3.05) is 6.54 Å². The highest BCUT2D eigenvalue weighted by Gasteiger charge is 2.32. The molecule has 1 fully saturated rings. The molecule has 27 heavy (non-hydrogen) atoms. The third-order valence-corrected chi connectivity index (χ3v) is 5.12. The van der Waals surface area contributed by atoms with Gasteiger partial charge in [0.1, 0.15) is 5.69 Å². The van der Waals surface area contributed by atoms with Crippen LogP contribution in [-0.2, 0) is 6.42 Å². The molecule has 0 radical (unpaired) electrons. The van der Waals surface area contributed by atoms with Crippen LogP contribution in [0.2, 0.25) is 5.02 Å². The van der Waals surface area contributed by atoms with Gasteiger partial charge < -0.3 is 4.90 Å². The second-order valence-corrected chi connectivity index (χ2v) is 7.17. The fraction of sp³-hybridized carbons (Fsp3) is 0.227. The first-order chi connectivity index (χ1) is 13.2. The van der Waals surface area contributed by atoms with Gasteiger partial charge in [0.05, 0.1) is 11.7 Å². The average Bonchev–Trinajstić information content (AvgIpc) is 3.20. The van der Waals surface area contributed by atoms with Gasteiger partial charge in [0.15, 0.2) is 0 Å². The van der Waals surface area contributed by atoms with E-state index in [1.807, 2.05) is 59.5 Å². The number of aromatic nitrogens is 2. The van der Waals surface area contributed by atoms with E-state index in [9.17, 15) is 4.79 Å². The normalized spacial score (nSPS) is 16.5. The number of amides is 1. The SMILES string of the molecule is O=C(c1ccccn1)N1CCCC1c1cccc(Cc2ccc(Cl)cc2)n1. The van der Waals surface area contributed by atoms with E-state index < -0.39 is 0 Å². The summed E-state index contributed by atoms with van der Waals surface area (Å²) < 4.78 is 0. The quantitative estimate of drug-likeness (QED) is 0.662. The van der Waals surface area contributed by atoms with E-state index in [0.29, 0.717) is 5.69 Å². The molecule has 3 heterocycles. The van der Waals surface area contributed by atoms with Crippen LogP contribution in [0.4, 0.5) is 0 Å². The maximum absolute atomic E-state index is 12.9. The lowest BCUT2D eigenvalue weighted by Crippen LogP contribution is -2.31. The van der Waals surface area contributed by atoms with Crippen LogP contribution in [0.15, 0.2) is 66.9 Å². The Kier molecular flexibility index (Phi) is 5.16. The van der Waals surface area contributed by atoms with Crippen LogP contribution in [0.3, 0.4) is 0 Å². The van der Waals surface area contributed by atoms with Gasteiger partial charge in [0.2, 0.25) is 0 Å². The number of carbonyl (C=O) groups excluding carboxylic acids is 1. The van der Waals surface area contributed by atoms with Crippen LogP contribution >= 0.6 is 11.6 Å².